The first-order chi connectivity index (χ1) is 9.88. The Kier molecular flexibility index (Phi) is 4.70. The van der Waals surface area contributed by atoms with E-state index in [-0.39, 0.29) is 17.5 Å². The van der Waals surface area contributed by atoms with Crippen molar-refractivity contribution in [3.63, 3.8) is 0 Å². The Morgan fingerprint density at radius 2 is 2.10 bits per heavy atom. The minimum Gasteiger partial charge on any atom is -0.490 e. The van der Waals surface area contributed by atoms with Gasteiger partial charge in [0.05, 0.1) is 4.92 Å². The van der Waals surface area contributed by atoms with Crippen molar-refractivity contribution in [2.24, 2.45) is 17.8 Å². The van der Waals surface area contributed by atoms with Crippen molar-refractivity contribution in [2.45, 2.75) is 46.1 Å². The van der Waals surface area contributed by atoms with E-state index in [2.05, 4.69) is 20.8 Å². The average molecular weight is 292 g/mol. The van der Waals surface area contributed by atoms with E-state index in [0.29, 0.717) is 23.5 Å². The summed E-state index contributed by atoms with van der Waals surface area (Å²) in [6.45, 7) is 6.69. The molecule has 1 aromatic carbocycles. The summed E-state index contributed by atoms with van der Waals surface area (Å²) in [6.07, 6.45) is 3.60. The van der Waals surface area contributed by atoms with Gasteiger partial charge < -0.3 is 10.5 Å². The van der Waals surface area contributed by atoms with E-state index in [9.17, 15) is 10.1 Å². The topological polar surface area (TPSA) is 78.4 Å². The molecule has 1 saturated carbocycles. The standard InChI is InChI=1S/C16H24N2O3/c1-10(2)13-6-4-11(3)8-16(13)21-12-5-7-15(18(19)20)14(17)9-12/h5,7,9-11,13,16H,4,6,8,17H2,1-3H3. The summed E-state index contributed by atoms with van der Waals surface area (Å²) in [5.41, 5.74) is 5.81. The SMILES string of the molecule is CC1CCC(C(C)C)C(Oc2ccc([N+](=O)[O-])c(N)c2)C1. The van der Waals surface area contributed by atoms with E-state index in [0.717, 1.165) is 6.42 Å². The highest BCUT2D eigenvalue weighted by Gasteiger charge is 2.32. The number of rotatable bonds is 4. The molecule has 0 spiro atoms. The molecule has 0 amide bonds. The number of benzene rings is 1. The molecule has 0 bridgehead atoms. The highest BCUT2D eigenvalue weighted by Crippen LogP contribution is 2.37. The first kappa shape index (κ1) is 15.6. The summed E-state index contributed by atoms with van der Waals surface area (Å²) in [7, 11) is 0. The molecule has 116 valence electrons. The summed E-state index contributed by atoms with van der Waals surface area (Å²) < 4.78 is 6.11. The zero-order chi connectivity index (χ0) is 15.6. The van der Waals surface area contributed by atoms with E-state index in [4.69, 9.17) is 10.5 Å². The van der Waals surface area contributed by atoms with E-state index in [1.54, 1.807) is 12.1 Å². The Bertz CT molecular complexity index is 516. The second-order valence-corrected chi connectivity index (χ2v) is 6.46. The fourth-order valence-electron chi connectivity index (χ4n) is 3.20. The molecule has 1 aliphatic rings. The Labute approximate surface area is 125 Å². The van der Waals surface area contributed by atoms with Gasteiger partial charge in [0.15, 0.2) is 0 Å². The van der Waals surface area contributed by atoms with Crippen molar-refractivity contribution in [3.8, 4) is 5.75 Å². The van der Waals surface area contributed by atoms with Crippen LogP contribution in [-0.2, 0) is 0 Å². The minimum atomic E-state index is -0.473. The van der Waals surface area contributed by atoms with Gasteiger partial charge in [0.1, 0.15) is 17.5 Å². The summed E-state index contributed by atoms with van der Waals surface area (Å²) in [4.78, 5) is 10.3. The lowest BCUT2D eigenvalue weighted by atomic mass is 9.75. The van der Waals surface area contributed by atoms with Crippen molar-refractivity contribution in [1.82, 2.24) is 0 Å². The van der Waals surface area contributed by atoms with Crippen molar-refractivity contribution in [2.75, 3.05) is 5.73 Å². The monoisotopic (exact) mass is 292 g/mol. The molecule has 3 atom stereocenters. The van der Waals surface area contributed by atoms with Crippen LogP contribution in [0.5, 0.6) is 5.75 Å². The number of anilines is 1. The van der Waals surface area contributed by atoms with E-state index >= 15 is 0 Å². The van der Waals surface area contributed by atoms with Gasteiger partial charge in [-0.2, -0.15) is 0 Å². The molecule has 0 saturated heterocycles. The lowest BCUT2D eigenvalue weighted by Crippen LogP contribution is -2.36. The van der Waals surface area contributed by atoms with Crippen molar-refractivity contribution >= 4 is 11.4 Å². The van der Waals surface area contributed by atoms with Gasteiger partial charge in [-0.1, -0.05) is 27.2 Å². The van der Waals surface area contributed by atoms with E-state index in [1.165, 1.54) is 18.9 Å². The normalized spacial score (nSPS) is 25.8. The molecule has 5 nitrogen and oxygen atoms in total. The number of nitrogens with two attached hydrogens (primary N) is 1. The van der Waals surface area contributed by atoms with Crippen LogP contribution in [0.25, 0.3) is 0 Å². The molecule has 1 aromatic rings. The summed E-state index contributed by atoms with van der Waals surface area (Å²) in [6, 6.07) is 4.63. The fraction of sp³-hybridized carbons (Fsp3) is 0.625. The smallest absolute Gasteiger partial charge is 0.292 e. The van der Waals surface area contributed by atoms with Gasteiger partial charge in [0.2, 0.25) is 0 Å². The van der Waals surface area contributed by atoms with Gasteiger partial charge in [0, 0.05) is 12.1 Å². The van der Waals surface area contributed by atoms with Crippen LogP contribution in [0.2, 0.25) is 0 Å². The largest absolute Gasteiger partial charge is 0.490 e. The number of hydrogen-bond acceptors (Lipinski definition) is 4. The maximum absolute atomic E-state index is 10.8. The molecule has 0 aliphatic heterocycles. The third-order valence-electron chi connectivity index (χ3n) is 4.44. The number of hydrogen-bond donors (Lipinski definition) is 1. The molecule has 2 N–H and O–H groups in total. The fourth-order valence-corrected chi connectivity index (χ4v) is 3.20. The molecule has 0 aromatic heterocycles. The Balaban J connectivity index is 2.15. The van der Waals surface area contributed by atoms with Crippen LogP contribution < -0.4 is 10.5 Å². The van der Waals surface area contributed by atoms with Gasteiger partial charge in [0.25, 0.3) is 5.69 Å². The number of nitrogens with zero attached hydrogens (tertiary/aromatic N) is 1. The average Bonchev–Trinajstić information content (AvgIpc) is 2.37. The second-order valence-electron chi connectivity index (χ2n) is 6.46. The molecule has 0 heterocycles. The second kappa shape index (κ2) is 6.33. The highest BCUT2D eigenvalue weighted by molar-refractivity contribution is 5.60. The number of nitrogen functional groups attached to an aromatic ring is 1. The molecular formula is C16H24N2O3. The molecule has 2 rings (SSSR count). The molecule has 21 heavy (non-hydrogen) atoms. The van der Waals surface area contributed by atoms with Gasteiger partial charge in [-0.05, 0) is 36.7 Å². The van der Waals surface area contributed by atoms with Gasteiger partial charge >= 0.3 is 0 Å². The van der Waals surface area contributed by atoms with Crippen molar-refractivity contribution in [3.05, 3.63) is 28.3 Å². The first-order valence-corrected chi connectivity index (χ1v) is 7.59. The van der Waals surface area contributed by atoms with Crippen molar-refractivity contribution < 1.29 is 9.66 Å². The van der Waals surface area contributed by atoms with Crippen molar-refractivity contribution in [1.29, 1.82) is 0 Å². The zero-order valence-corrected chi connectivity index (χ0v) is 12.9. The van der Waals surface area contributed by atoms with Crippen LogP contribution in [0.15, 0.2) is 18.2 Å². The third kappa shape index (κ3) is 3.65. The quantitative estimate of drug-likeness (QED) is 0.516. The molecular weight excluding hydrogens is 268 g/mol. The van der Waals surface area contributed by atoms with E-state index in [1.807, 2.05) is 0 Å². The van der Waals surface area contributed by atoms with Crippen LogP contribution in [0.4, 0.5) is 11.4 Å². The predicted molar refractivity (Wildman–Crippen MR) is 83.3 cm³/mol. The van der Waals surface area contributed by atoms with Crippen LogP contribution >= 0.6 is 0 Å². The van der Waals surface area contributed by atoms with Crippen LogP contribution in [0, 0.1) is 27.9 Å². The number of nitro groups is 1. The number of nitro benzene ring substituents is 1. The summed E-state index contributed by atoms with van der Waals surface area (Å²) in [5, 5.41) is 10.8. The lowest BCUT2D eigenvalue weighted by molar-refractivity contribution is -0.383. The maximum Gasteiger partial charge on any atom is 0.292 e. The molecule has 3 unspecified atom stereocenters. The Morgan fingerprint density at radius 1 is 1.38 bits per heavy atom. The van der Waals surface area contributed by atoms with Gasteiger partial charge in [-0.15, -0.1) is 0 Å². The summed E-state index contributed by atoms with van der Waals surface area (Å²) >= 11 is 0. The highest BCUT2D eigenvalue weighted by atomic mass is 16.6. The summed E-state index contributed by atoms with van der Waals surface area (Å²) in [5.74, 6) is 2.37. The molecule has 5 heteroatoms. The molecule has 1 aliphatic carbocycles. The Morgan fingerprint density at radius 3 is 2.67 bits per heavy atom. The van der Waals surface area contributed by atoms with Crippen LogP contribution in [0.1, 0.15) is 40.0 Å². The van der Waals surface area contributed by atoms with E-state index < -0.39 is 4.92 Å². The third-order valence-corrected chi connectivity index (χ3v) is 4.44. The molecule has 0 radical (unpaired) electrons. The van der Waals surface area contributed by atoms with Crippen LogP contribution in [0.3, 0.4) is 0 Å². The Hall–Kier alpha value is -1.78. The van der Waals surface area contributed by atoms with Gasteiger partial charge in [-0.25, -0.2) is 0 Å². The van der Waals surface area contributed by atoms with Crippen LogP contribution in [-0.4, -0.2) is 11.0 Å². The predicted octanol–water partition coefficient (Wildman–Crippen LogP) is 4.02. The van der Waals surface area contributed by atoms with Gasteiger partial charge in [-0.3, -0.25) is 10.1 Å². The zero-order valence-electron chi connectivity index (χ0n) is 12.9. The minimum absolute atomic E-state index is 0.0697. The number of ether oxygens (including phenoxy) is 1. The first-order valence-electron chi connectivity index (χ1n) is 7.59. The maximum atomic E-state index is 10.8. The lowest BCUT2D eigenvalue weighted by Gasteiger charge is -2.37. The molecule has 1 fully saturated rings.